The zero-order valence-electron chi connectivity index (χ0n) is 10.5. The molecule has 1 aromatic rings. The molecule has 0 atom stereocenters. The third-order valence-corrected chi connectivity index (χ3v) is 3.55. The van der Waals surface area contributed by atoms with E-state index in [4.69, 9.17) is 10.2 Å². The zero-order valence-corrected chi connectivity index (χ0v) is 10.5. The van der Waals surface area contributed by atoms with Crippen LogP contribution in [-0.2, 0) is 6.42 Å². The van der Waals surface area contributed by atoms with Crippen molar-refractivity contribution in [2.75, 3.05) is 18.4 Å². The van der Waals surface area contributed by atoms with Crippen molar-refractivity contribution in [3.8, 4) is 0 Å². The molecule has 0 radical (unpaired) electrons. The minimum Gasteiger partial charge on any atom is -0.408 e. The Labute approximate surface area is 102 Å². The minimum absolute atomic E-state index is 0.376. The fourth-order valence-electron chi connectivity index (χ4n) is 2.42. The van der Waals surface area contributed by atoms with Crippen LogP contribution in [0.25, 0.3) is 0 Å². The van der Waals surface area contributed by atoms with Crippen LogP contribution in [-0.4, -0.2) is 23.3 Å². The number of anilines is 1. The van der Waals surface area contributed by atoms with Gasteiger partial charge in [-0.25, -0.2) is 0 Å². The maximum absolute atomic E-state index is 5.45. The van der Waals surface area contributed by atoms with Crippen molar-refractivity contribution in [1.29, 1.82) is 0 Å². The third-order valence-electron chi connectivity index (χ3n) is 3.55. The molecule has 1 aliphatic rings. The van der Waals surface area contributed by atoms with Gasteiger partial charge >= 0.3 is 6.01 Å². The molecular weight excluding hydrogens is 216 g/mol. The van der Waals surface area contributed by atoms with Gasteiger partial charge in [-0.15, -0.1) is 5.10 Å². The molecule has 96 valence electrons. The quantitative estimate of drug-likeness (QED) is 0.820. The van der Waals surface area contributed by atoms with Crippen molar-refractivity contribution in [2.45, 2.75) is 45.4 Å². The maximum atomic E-state index is 5.45. The summed E-state index contributed by atoms with van der Waals surface area (Å²) in [7, 11) is 0. The van der Waals surface area contributed by atoms with Crippen LogP contribution in [0, 0.1) is 5.41 Å². The average Bonchev–Trinajstić information content (AvgIpc) is 2.76. The summed E-state index contributed by atoms with van der Waals surface area (Å²) >= 11 is 0. The maximum Gasteiger partial charge on any atom is 0.315 e. The number of aromatic nitrogens is 2. The normalized spacial score (nSPS) is 19.2. The number of nitrogens with zero attached hydrogens (tertiary/aromatic N) is 2. The molecule has 0 aromatic carbocycles. The summed E-state index contributed by atoms with van der Waals surface area (Å²) in [4.78, 5) is 0. The van der Waals surface area contributed by atoms with E-state index in [2.05, 4.69) is 22.4 Å². The first-order valence-corrected chi connectivity index (χ1v) is 6.48. The molecule has 0 spiro atoms. The Morgan fingerprint density at radius 2 is 2.06 bits per heavy atom. The highest BCUT2D eigenvalue weighted by Gasteiger charge is 2.26. The highest BCUT2D eigenvalue weighted by Crippen LogP contribution is 2.35. The summed E-state index contributed by atoms with van der Waals surface area (Å²) in [6.45, 7) is 3.78. The van der Waals surface area contributed by atoms with Crippen molar-refractivity contribution < 1.29 is 4.42 Å². The monoisotopic (exact) mass is 238 g/mol. The molecule has 1 heterocycles. The Morgan fingerprint density at radius 1 is 1.29 bits per heavy atom. The van der Waals surface area contributed by atoms with E-state index in [1.165, 1.54) is 32.1 Å². The van der Waals surface area contributed by atoms with Gasteiger partial charge in [-0.2, -0.15) is 0 Å². The van der Waals surface area contributed by atoms with Crippen molar-refractivity contribution in [1.82, 2.24) is 10.2 Å². The molecule has 1 fully saturated rings. The number of nitrogens with two attached hydrogens (primary N) is 1. The first-order chi connectivity index (χ1) is 8.22. The molecule has 1 aliphatic carbocycles. The summed E-state index contributed by atoms with van der Waals surface area (Å²) < 4.78 is 5.45. The molecule has 3 N–H and O–H groups in total. The largest absolute Gasteiger partial charge is 0.408 e. The summed E-state index contributed by atoms with van der Waals surface area (Å²) in [6.07, 6.45) is 7.25. The second-order valence-electron chi connectivity index (χ2n) is 5.26. The Kier molecular flexibility index (Phi) is 3.99. The first kappa shape index (κ1) is 12.4. The van der Waals surface area contributed by atoms with Crippen molar-refractivity contribution >= 4 is 6.01 Å². The van der Waals surface area contributed by atoms with Crippen LogP contribution in [0.2, 0.25) is 0 Å². The van der Waals surface area contributed by atoms with Gasteiger partial charge in [0.15, 0.2) is 0 Å². The summed E-state index contributed by atoms with van der Waals surface area (Å²) in [6, 6.07) is 0.528. The lowest BCUT2D eigenvalue weighted by molar-refractivity contribution is 0.231. The Hall–Kier alpha value is -1.10. The molecule has 2 rings (SSSR count). The molecule has 0 saturated heterocycles. The summed E-state index contributed by atoms with van der Waals surface area (Å²) in [5.74, 6) is 0.615. The molecule has 0 amide bonds. The zero-order chi connectivity index (χ0) is 12.1. The van der Waals surface area contributed by atoms with Gasteiger partial charge in [0.25, 0.3) is 0 Å². The van der Waals surface area contributed by atoms with Gasteiger partial charge in [0.2, 0.25) is 5.89 Å². The van der Waals surface area contributed by atoms with E-state index in [9.17, 15) is 0 Å². The van der Waals surface area contributed by atoms with Crippen LogP contribution < -0.4 is 11.1 Å². The molecule has 17 heavy (non-hydrogen) atoms. The minimum atomic E-state index is 0.376. The second kappa shape index (κ2) is 5.49. The Bertz CT molecular complexity index is 344. The van der Waals surface area contributed by atoms with Gasteiger partial charge in [0.1, 0.15) is 0 Å². The van der Waals surface area contributed by atoms with Crippen LogP contribution in [0.1, 0.15) is 44.9 Å². The lowest BCUT2D eigenvalue weighted by atomic mass is 9.76. The number of hydrogen-bond donors (Lipinski definition) is 2. The second-order valence-corrected chi connectivity index (χ2v) is 5.26. The topological polar surface area (TPSA) is 77.0 Å². The van der Waals surface area contributed by atoms with E-state index in [-0.39, 0.29) is 0 Å². The number of hydrogen-bond acceptors (Lipinski definition) is 5. The highest BCUT2D eigenvalue weighted by atomic mass is 16.4. The Balaban J connectivity index is 1.83. The molecule has 5 nitrogen and oxygen atoms in total. The summed E-state index contributed by atoms with van der Waals surface area (Å²) in [5, 5.41) is 11.2. The van der Waals surface area contributed by atoms with Crippen LogP contribution in [0.3, 0.4) is 0 Å². The first-order valence-electron chi connectivity index (χ1n) is 6.48. The lowest BCUT2D eigenvalue weighted by Gasteiger charge is -2.33. The average molecular weight is 238 g/mol. The van der Waals surface area contributed by atoms with Crippen molar-refractivity contribution in [2.24, 2.45) is 11.1 Å². The molecule has 1 saturated carbocycles. The fraction of sp³-hybridized carbons (Fsp3) is 0.833. The van der Waals surface area contributed by atoms with Crippen LogP contribution in [0.4, 0.5) is 6.01 Å². The van der Waals surface area contributed by atoms with Crippen LogP contribution in [0.5, 0.6) is 0 Å². The molecule has 0 bridgehead atoms. The standard InChI is InChI=1S/C12H22N4O/c1-12(6-3-2-4-7-12)9-14-11-16-15-10(17-11)5-8-13/h2-9,13H2,1H3,(H,14,16). The highest BCUT2D eigenvalue weighted by molar-refractivity contribution is 5.17. The molecule has 0 aliphatic heterocycles. The van der Waals surface area contributed by atoms with Gasteiger partial charge in [-0.1, -0.05) is 31.3 Å². The summed E-state index contributed by atoms with van der Waals surface area (Å²) in [5.41, 5.74) is 5.81. The van der Waals surface area contributed by atoms with E-state index in [0.29, 0.717) is 30.3 Å². The Morgan fingerprint density at radius 3 is 2.76 bits per heavy atom. The van der Waals surface area contributed by atoms with E-state index in [1.54, 1.807) is 0 Å². The predicted octanol–water partition coefficient (Wildman–Crippen LogP) is 1.95. The molecular formula is C12H22N4O. The SMILES string of the molecule is CC1(CNc2nnc(CCN)o2)CCCCC1. The van der Waals surface area contributed by atoms with Gasteiger partial charge in [0.05, 0.1) is 0 Å². The van der Waals surface area contributed by atoms with Gasteiger partial charge in [-0.05, 0) is 18.3 Å². The number of rotatable bonds is 5. The molecule has 1 aromatic heterocycles. The van der Waals surface area contributed by atoms with Crippen molar-refractivity contribution in [3.05, 3.63) is 5.89 Å². The predicted molar refractivity (Wildman–Crippen MR) is 66.7 cm³/mol. The number of nitrogens with one attached hydrogen (secondary N) is 1. The van der Waals surface area contributed by atoms with Crippen LogP contribution in [0.15, 0.2) is 4.42 Å². The van der Waals surface area contributed by atoms with Gasteiger partial charge in [0, 0.05) is 19.5 Å². The smallest absolute Gasteiger partial charge is 0.315 e. The van der Waals surface area contributed by atoms with Gasteiger partial charge < -0.3 is 15.5 Å². The van der Waals surface area contributed by atoms with E-state index in [1.807, 2.05) is 0 Å². The molecule has 5 heteroatoms. The van der Waals surface area contributed by atoms with Gasteiger partial charge in [-0.3, -0.25) is 0 Å². The van der Waals surface area contributed by atoms with Crippen molar-refractivity contribution in [3.63, 3.8) is 0 Å². The third kappa shape index (κ3) is 3.43. The fourth-order valence-corrected chi connectivity index (χ4v) is 2.42. The van der Waals surface area contributed by atoms with E-state index < -0.39 is 0 Å². The van der Waals surface area contributed by atoms with E-state index in [0.717, 1.165) is 6.54 Å². The lowest BCUT2D eigenvalue weighted by Crippen LogP contribution is -2.28. The van der Waals surface area contributed by atoms with E-state index >= 15 is 0 Å². The van der Waals surface area contributed by atoms with Crippen LogP contribution >= 0.6 is 0 Å². The molecule has 0 unspecified atom stereocenters.